The van der Waals surface area contributed by atoms with Crippen LogP contribution in [0.15, 0.2) is 34.9 Å². The lowest BCUT2D eigenvalue weighted by atomic mass is 10.1. The molecule has 0 radical (unpaired) electrons. The van der Waals surface area contributed by atoms with E-state index in [1.807, 2.05) is 24.0 Å². The van der Waals surface area contributed by atoms with Gasteiger partial charge in [0.25, 0.3) is 0 Å². The van der Waals surface area contributed by atoms with E-state index in [1.54, 1.807) is 0 Å². The van der Waals surface area contributed by atoms with Gasteiger partial charge in [-0.2, -0.15) is 5.10 Å². The Kier molecular flexibility index (Phi) is 3.97. The average molecular weight is 294 g/mol. The predicted octanol–water partition coefficient (Wildman–Crippen LogP) is 2.78. The number of benzene rings is 1. The largest absolute Gasteiger partial charge is 0.307 e. The molecule has 0 saturated carbocycles. The van der Waals surface area contributed by atoms with Gasteiger partial charge in [0.05, 0.1) is 5.69 Å². The zero-order chi connectivity index (χ0) is 12.3. The summed E-state index contributed by atoms with van der Waals surface area (Å²) in [5, 5.41) is 7.55. The molecule has 90 valence electrons. The molecular formula is C13H16BrN3. The second-order valence-corrected chi connectivity index (χ2v) is 4.99. The lowest BCUT2D eigenvalue weighted by molar-refractivity contribution is 0.626. The quantitative estimate of drug-likeness (QED) is 0.939. The molecule has 0 bridgehead atoms. The van der Waals surface area contributed by atoms with Crippen LogP contribution in [0.3, 0.4) is 0 Å². The van der Waals surface area contributed by atoms with Gasteiger partial charge in [0.2, 0.25) is 0 Å². The van der Waals surface area contributed by atoms with E-state index in [2.05, 4.69) is 51.5 Å². The summed E-state index contributed by atoms with van der Waals surface area (Å²) < 4.78 is 3.05. The van der Waals surface area contributed by atoms with Crippen molar-refractivity contribution >= 4 is 15.9 Å². The number of hydrogen-bond acceptors (Lipinski definition) is 2. The van der Waals surface area contributed by atoms with E-state index < -0.39 is 0 Å². The van der Waals surface area contributed by atoms with Crippen LogP contribution < -0.4 is 5.32 Å². The van der Waals surface area contributed by atoms with E-state index in [0.29, 0.717) is 0 Å². The van der Waals surface area contributed by atoms with Crippen molar-refractivity contribution in [2.75, 3.05) is 0 Å². The molecule has 1 N–H and O–H groups in total. The van der Waals surface area contributed by atoms with Crippen molar-refractivity contribution in [1.82, 2.24) is 15.1 Å². The van der Waals surface area contributed by atoms with Crippen LogP contribution in [-0.4, -0.2) is 9.78 Å². The third-order valence-corrected chi connectivity index (χ3v) is 3.65. The lowest BCUT2D eigenvalue weighted by Crippen LogP contribution is -2.15. The summed E-state index contributed by atoms with van der Waals surface area (Å²) in [4.78, 5) is 0. The highest BCUT2D eigenvalue weighted by atomic mass is 79.9. The first-order valence-corrected chi connectivity index (χ1v) is 6.39. The van der Waals surface area contributed by atoms with Crippen molar-refractivity contribution in [2.24, 2.45) is 7.05 Å². The molecule has 0 spiro atoms. The topological polar surface area (TPSA) is 29.9 Å². The Morgan fingerprint density at radius 3 is 2.76 bits per heavy atom. The summed E-state index contributed by atoms with van der Waals surface area (Å²) in [7, 11) is 1.96. The van der Waals surface area contributed by atoms with Crippen molar-refractivity contribution in [3.8, 4) is 0 Å². The molecule has 1 heterocycles. The Morgan fingerprint density at radius 2 is 2.12 bits per heavy atom. The molecule has 2 aromatic rings. The monoisotopic (exact) mass is 293 g/mol. The zero-order valence-corrected chi connectivity index (χ0v) is 11.7. The van der Waals surface area contributed by atoms with Gasteiger partial charge in [-0.1, -0.05) is 28.1 Å². The molecule has 4 heteroatoms. The van der Waals surface area contributed by atoms with Gasteiger partial charge in [0, 0.05) is 30.8 Å². The molecule has 17 heavy (non-hydrogen) atoms. The molecule has 0 aliphatic rings. The van der Waals surface area contributed by atoms with Crippen LogP contribution >= 0.6 is 15.9 Å². The summed E-state index contributed by atoms with van der Waals surface area (Å²) >= 11 is 3.55. The molecular weight excluding hydrogens is 278 g/mol. The maximum absolute atomic E-state index is 4.14. The van der Waals surface area contributed by atoms with Crippen LogP contribution in [0.5, 0.6) is 0 Å². The third-order valence-electron chi connectivity index (χ3n) is 2.79. The maximum atomic E-state index is 4.14. The summed E-state index contributed by atoms with van der Waals surface area (Å²) in [5.74, 6) is 0. The first kappa shape index (κ1) is 12.3. The van der Waals surface area contributed by atoms with E-state index in [4.69, 9.17) is 0 Å². The number of aryl methyl sites for hydroxylation is 2. The fourth-order valence-electron chi connectivity index (χ4n) is 1.66. The van der Waals surface area contributed by atoms with E-state index in [9.17, 15) is 0 Å². The first-order chi connectivity index (χ1) is 8.16. The van der Waals surface area contributed by atoms with E-state index in [-0.39, 0.29) is 0 Å². The van der Waals surface area contributed by atoms with E-state index in [0.717, 1.165) is 17.6 Å². The lowest BCUT2D eigenvalue weighted by Gasteiger charge is -2.07. The molecule has 0 atom stereocenters. The minimum Gasteiger partial charge on any atom is -0.307 e. The van der Waals surface area contributed by atoms with Crippen LogP contribution in [0, 0.1) is 6.92 Å². The molecule has 1 aromatic heterocycles. The summed E-state index contributed by atoms with van der Waals surface area (Å²) in [6.07, 6.45) is 1.82. The Morgan fingerprint density at radius 1 is 1.29 bits per heavy atom. The molecule has 0 aliphatic heterocycles. The van der Waals surface area contributed by atoms with Crippen LogP contribution in [0.2, 0.25) is 0 Å². The summed E-state index contributed by atoms with van der Waals surface area (Å²) in [6.45, 7) is 3.79. The van der Waals surface area contributed by atoms with Crippen molar-refractivity contribution in [2.45, 2.75) is 20.0 Å². The fraction of sp³-hybridized carbons (Fsp3) is 0.308. The Balaban J connectivity index is 1.90. The summed E-state index contributed by atoms with van der Waals surface area (Å²) in [5.41, 5.74) is 3.74. The molecule has 2 rings (SSSR count). The normalized spacial score (nSPS) is 10.8. The van der Waals surface area contributed by atoms with Crippen LogP contribution in [-0.2, 0) is 20.1 Å². The summed E-state index contributed by atoms with van der Waals surface area (Å²) in [6, 6.07) is 8.46. The Labute approximate surface area is 110 Å². The average Bonchev–Trinajstić information content (AvgIpc) is 2.70. The molecule has 0 saturated heterocycles. The number of nitrogens with zero attached hydrogens (tertiary/aromatic N) is 2. The number of nitrogens with one attached hydrogen (secondary N) is 1. The number of hydrogen-bond donors (Lipinski definition) is 1. The van der Waals surface area contributed by atoms with Gasteiger partial charge in [-0.25, -0.2) is 0 Å². The highest BCUT2D eigenvalue weighted by Crippen LogP contribution is 2.17. The fourth-order valence-corrected chi connectivity index (χ4v) is 2.08. The number of rotatable bonds is 4. The van der Waals surface area contributed by atoms with Gasteiger partial charge in [-0.15, -0.1) is 0 Å². The Hall–Kier alpha value is -1.13. The predicted molar refractivity (Wildman–Crippen MR) is 72.6 cm³/mol. The Bertz CT molecular complexity index is 505. The van der Waals surface area contributed by atoms with Gasteiger partial charge in [0.15, 0.2) is 0 Å². The molecule has 0 fully saturated rings. The van der Waals surface area contributed by atoms with Gasteiger partial charge in [0.1, 0.15) is 0 Å². The minimum atomic E-state index is 0.835. The SMILES string of the molecule is Cc1ccc(CNCc2ccnn2C)cc1Br. The van der Waals surface area contributed by atoms with Crippen molar-refractivity contribution in [3.63, 3.8) is 0 Å². The number of aromatic nitrogens is 2. The first-order valence-electron chi connectivity index (χ1n) is 5.59. The third kappa shape index (κ3) is 3.17. The molecule has 0 unspecified atom stereocenters. The van der Waals surface area contributed by atoms with Crippen molar-refractivity contribution in [1.29, 1.82) is 0 Å². The molecule has 3 nitrogen and oxygen atoms in total. The van der Waals surface area contributed by atoms with Gasteiger partial charge in [-0.3, -0.25) is 4.68 Å². The zero-order valence-electron chi connectivity index (χ0n) is 10.1. The second kappa shape index (κ2) is 5.47. The maximum Gasteiger partial charge on any atom is 0.0518 e. The standard InChI is InChI=1S/C13H16BrN3/c1-10-3-4-11(7-13(10)14)8-15-9-12-5-6-16-17(12)2/h3-7,15H,8-9H2,1-2H3. The van der Waals surface area contributed by atoms with E-state index in [1.165, 1.54) is 16.8 Å². The molecule has 1 aromatic carbocycles. The van der Waals surface area contributed by atoms with Gasteiger partial charge >= 0.3 is 0 Å². The highest BCUT2D eigenvalue weighted by molar-refractivity contribution is 9.10. The van der Waals surface area contributed by atoms with E-state index >= 15 is 0 Å². The second-order valence-electron chi connectivity index (χ2n) is 4.13. The minimum absolute atomic E-state index is 0.835. The smallest absolute Gasteiger partial charge is 0.0518 e. The van der Waals surface area contributed by atoms with Crippen LogP contribution in [0.1, 0.15) is 16.8 Å². The van der Waals surface area contributed by atoms with Crippen LogP contribution in [0.4, 0.5) is 0 Å². The molecule has 0 amide bonds. The van der Waals surface area contributed by atoms with Crippen LogP contribution in [0.25, 0.3) is 0 Å². The van der Waals surface area contributed by atoms with Crippen molar-refractivity contribution < 1.29 is 0 Å². The van der Waals surface area contributed by atoms with Gasteiger partial charge < -0.3 is 5.32 Å². The molecule has 0 aliphatic carbocycles. The van der Waals surface area contributed by atoms with Crippen molar-refractivity contribution in [3.05, 3.63) is 51.8 Å². The number of halogens is 1. The highest BCUT2D eigenvalue weighted by Gasteiger charge is 2.00. The van der Waals surface area contributed by atoms with Gasteiger partial charge in [-0.05, 0) is 30.2 Å².